The summed E-state index contributed by atoms with van der Waals surface area (Å²) in [5, 5.41) is 13.9. The first-order chi connectivity index (χ1) is 7.41. The molecule has 3 N–H and O–H groups in total. The molecule has 1 fully saturated rings. The lowest BCUT2D eigenvalue weighted by atomic mass is 9.98. The van der Waals surface area contributed by atoms with E-state index in [9.17, 15) is 9.59 Å². The lowest BCUT2D eigenvalue weighted by Gasteiger charge is -2.20. The van der Waals surface area contributed by atoms with Crippen LogP contribution in [0.25, 0.3) is 0 Å². The summed E-state index contributed by atoms with van der Waals surface area (Å²) >= 11 is 0. The molecule has 0 saturated heterocycles. The Morgan fingerprint density at radius 1 is 1.31 bits per heavy atom. The lowest BCUT2D eigenvalue weighted by Crippen LogP contribution is -2.48. The fourth-order valence-electron chi connectivity index (χ4n) is 2.04. The molecule has 92 valence electrons. The van der Waals surface area contributed by atoms with Gasteiger partial charge in [0.15, 0.2) is 0 Å². The zero-order valence-corrected chi connectivity index (χ0v) is 9.99. The predicted molar refractivity (Wildman–Crippen MR) is 60.1 cm³/mol. The Morgan fingerprint density at radius 2 is 1.94 bits per heavy atom. The van der Waals surface area contributed by atoms with Gasteiger partial charge in [-0.1, -0.05) is 13.8 Å². The van der Waals surface area contributed by atoms with Crippen LogP contribution in [0.3, 0.4) is 0 Å². The van der Waals surface area contributed by atoms with Crippen molar-refractivity contribution in [1.82, 2.24) is 10.6 Å². The van der Waals surface area contributed by atoms with Crippen LogP contribution in [0.5, 0.6) is 0 Å². The summed E-state index contributed by atoms with van der Waals surface area (Å²) in [6.45, 7) is 5.73. The van der Waals surface area contributed by atoms with E-state index < -0.39 is 12.0 Å². The topological polar surface area (TPSA) is 78.4 Å². The van der Waals surface area contributed by atoms with Gasteiger partial charge in [0.05, 0.1) is 0 Å². The summed E-state index contributed by atoms with van der Waals surface area (Å²) in [5.74, 6) is 0.0380. The van der Waals surface area contributed by atoms with Crippen LogP contribution in [-0.4, -0.2) is 29.2 Å². The first-order valence-electron chi connectivity index (χ1n) is 5.71. The maximum Gasteiger partial charge on any atom is 0.325 e. The van der Waals surface area contributed by atoms with E-state index in [0.717, 1.165) is 12.8 Å². The molecule has 0 spiro atoms. The molecule has 0 heterocycles. The molecule has 0 aromatic heterocycles. The Kier molecular flexibility index (Phi) is 4.15. The number of aliphatic carboxylic acids is 1. The molecule has 2 amide bonds. The highest BCUT2D eigenvalue weighted by molar-refractivity contribution is 5.82. The molecule has 1 aliphatic carbocycles. The number of carboxylic acids is 1. The average Bonchev–Trinajstić information content (AvgIpc) is 2.49. The number of nitrogens with one attached hydrogen (secondary N) is 2. The fraction of sp³-hybridized carbons (Fsp3) is 0.818. The van der Waals surface area contributed by atoms with Crippen LogP contribution in [0.15, 0.2) is 0 Å². The summed E-state index contributed by atoms with van der Waals surface area (Å²) < 4.78 is 0. The van der Waals surface area contributed by atoms with Gasteiger partial charge >= 0.3 is 12.0 Å². The van der Waals surface area contributed by atoms with Crippen LogP contribution in [-0.2, 0) is 4.79 Å². The molecule has 0 radical (unpaired) electrons. The van der Waals surface area contributed by atoms with Crippen molar-refractivity contribution in [2.75, 3.05) is 0 Å². The molecule has 0 bridgehead atoms. The summed E-state index contributed by atoms with van der Waals surface area (Å²) in [6.07, 6.45) is 2.08. The van der Waals surface area contributed by atoms with E-state index >= 15 is 0 Å². The van der Waals surface area contributed by atoms with Crippen molar-refractivity contribution >= 4 is 12.0 Å². The van der Waals surface area contributed by atoms with E-state index in [1.54, 1.807) is 0 Å². The van der Waals surface area contributed by atoms with Crippen molar-refractivity contribution in [2.45, 2.75) is 45.7 Å². The quantitative estimate of drug-likeness (QED) is 0.679. The summed E-state index contributed by atoms with van der Waals surface area (Å²) in [6, 6.07) is -1.08. The summed E-state index contributed by atoms with van der Waals surface area (Å²) in [5.41, 5.74) is 0. The third-order valence-electron chi connectivity index (χ3n) is 3.50. The van der Waals surface area contributed by atoms with Crippen LogP contribution in [0, 0.1) is 11.8 Å². The van der Waals surface area contributed by atoms with E-state index in [1.165, 1.54) is 6.92 Å². The zero-order chi connectivity index (χ0) is 12.3. The highest BCUT2D eigenvalue weighted by atomic mass is 16.4. The Labute approximate surface area is 95.6 Å². The largest absolute Gasteiger partial charge is 0.480 e. The van der Waals surface area contributed by atoms with Gasteiger partial charge in [0.2, 0.25) is 0 Å². The zero-order valence-electron chi connectivity index (χ0n) is 9.99. The molecular formula is C11H20N2O3. The maximum atomic E-state index is 11.5. The molecule has 1 aliphatic rings. The smallest absolute Gasteiger partial charge is 0.325 e. The van der Waals surface area contributed by atoms with Crippen LogP contribution in [0.2, 0.25) is 0 Å². The van der Waals surface area contributed by atoms with Gasteiger partial charge in [-0.15, -0.1) is 0 Å². The second-order valence-electron chi connectivity index (χ2n) is 4.70. The second kappa shape index (κ2) is 5.18. The van der Waals surface area contributed by atoms with Crippen molar-refractivity contribution in [3.8, 4) is 0 Å². The van der Waals surface area contributed by atoms with Crippen molar-refractivity contribution in [3.05, 3.63) is 0 Å². The standard InChI is InChI=1S/C11H20N2O3/c1-6-4-5-9(7(6)2)13-11(16)12-8(3)10(14)15/h6-9H,4-5H2,1-3H3,(H,14,15)(H2,12,13,16)/t6?,7?,8-,9?/m1/s1. The van der Waals surface area contributed by atoms with Crippen LogP contribution < -0.4 is 10.6 Å². The molecule has 16 heavy (non-hydrogen) atoms. The van der Waals surface area contributed by atoms with Crippen LogP contribution in [0.4, 0.5) is 4.79 Å². The molecule has 0 aromatic rings. The molecule has 1 saturated carbocycles. The number of amides is 2. The van der Waals surface area contributed by atoms with Gasteiger partial charge in [0, 0.05) is 6.04 Å². The summed E-state index contributed by atoms with van der Waals surface area (Å²) in [4.78, 5) is 22.0. The normalized spacial score (nSPS) is 30.8. The van der Waals surface area contributed by atoms with Gasteiger partial charge < -0.3 is 15.7 Å². The highest BCUT2D eigenvalue weighted by Crippen LogP contribution is 2.30. The van der Waals surface area contributed by atoms with Crippen LogP contribution >= 0.6 is 0 Å². The molecule has 3 unspecified atom stereocenters. The molecule has 1 rings (SSSR count). The van der Waals surface area contributed by atoms with Gasteiger partial charge in [-0.05, 0) is 31.6 Å². The lowest BCUT2D eigenvalue weighted by molar-refractivity contribution is -0.138. The third-order valence-corrected chi connectivity index (χ3v) is 3.50. The highest BCUT2D eigenvalue weighted by Gasteiger charge is 2.31. The van der Waals surface area contributed by atoms with Gasteiger partial charge in [0.25, 0.3) is 0 Å². The minimum Gasteiger partial charge on any atom is -0.480 e. The fourth-order valence-corrected chi connectivity index (χ4v) is 2.04. The van der Waals surface area contributed by atoms with E-state index in [2.05, 4.69) is 24.5 Å². The Balaban J connectivity index is 2.37. The molecule has 0 aromatic carbocycles. The molecule has 5 nitrogen and oxygen atoms in total. The Hall–Kier alpha value is -1.26. The van der Waals surface area contributed by atoms with Crippen molar-refractivity contribution < 1.29 is 14.7 Å². The van der Waals surface area contributed by atoms with E-state index in [-0.39, 0.29) is 12.1 Å². The third kappa shape index (κ3) is 3.12. The van der Waals surface area contributed by atoms with Crippen molar-refractivity contribution in [1.29, 1.82) is 0 Å². The van der Waals surface area contributed by atoms with Crippen LogP contribution in [0.1, 0.15) is 33.6 Å². The molecular weight excluding hydrogens is 208 g/mol. The number of urea groups is 1. The van der Waals surface area contributed by atoms with E-state index in [1.807, 2.05) is 0 Å². The van der Waals surface area contributed by atoms with Gasteiger partial charge in [0.1, 0.15) is 6.04 Å². The van der Waals surface area contributed by atoms with E-state index in [0.29, 0.717) is 11.8 Å². The Morgan fingerprint density at radius 3 is 2.38 bits per heavy atom. The molecule has 4 atom stereocenters. The Bertz CT molecular complexity index is 280. The van der Waals surface area contributed by atoms with Crippen molar-refractivity contribution in [2.24, 2.45) is 11.8 Å². The SMILES string of the molecule is CC1CCC(NC(=O)N[C@H](C)C(=O)O)C1C. The summed E-state index contributed by atoms with van der Waals surface area (Å²) in [7, 11) is 0. The van der Waals surface area contributed by atoms with Crippen molar-refractivity contribution in [3.63, 3.8) is 0 Å². The first-order valence-corrected chi connectivity index (χ1v) is 5.71. The number of hydrogen-bond donors (Lipinski definition) is 3. The van der Waals surface area contributed by atoms with E-state index in [4.69, 9.17) is 5.11 Å². The first kappa shape index (κ1) is 12.8. The van der Waals surface area contributed by atoms with Gasteiger partial charge in [-0.3, -0.25) is 4.79 Å². The number of carbonyl (C=O) groups excluding carboxylic acids is 1. The minimum atomic E-state index is -1.03. The predicted octanol–water partition coefficient (Wildman–Crippen LogP) is 1.19. The number of rotatable bonds is 3. The van der Waals surface area contributed by atoms with Gasteiger partial charge in [-0.2, -0.15) is 0 Å². The minimum absolute atomic E-state index is 0.163. The number of hydrogen-bond acceptors (Lipinski definition) is 2. The molecule has 5 heteroatoms. The second-order valence-corrected chi connectivity index (χ2v) is 4.70. The average molecular weight is 228 g/mol. The number of carboxylic acid groups (broad SMARTS) is 1. The number of carbonyl (C=O) groups is 2. The monoisotopic (exact) mass is 228 g/mol. The molecule has 0 aliphatic heterocycles. The van der Waals surface area contributed by atoms with Gasteiger partial charge in [-0.25, -0.2) is 4.79 Å². The maximum absolute atomic E-state index is 11.5.